The van der Waals surface area contributed by atoms with Crippen LogP contribution in [0.15, 0.2) is 60.7 Å². The summed E-state index contributed by atoms with van der Waals surface area (Å²) < 4.78 is 18.4. The minimum atomic E-state index is -0.283. The molecule has 1 fully saturated rings. The molecule has 1 aliphatic heterocycles. The number of carbonyl (C=O) groups excluding carboxylic acids is 1. The summed E-state index contributed by atoms with van der Waals surface area (Å²) in [6.45, 7) is 1.40. The highest BCUT2D eigenvalue weighted by atomic mass is 19.1. The highest BCUT2D eigenvalue weighted by molar-refractivity contribution is 5.94. The molecule has 7 heteroatoms. The second kappa shape index (κ2) is 8.90. The topological polar surface area (TPSA) is 67.3 Å². The van der Waals surface area contributed by atoms with Crippen molar-refractivity contribution in [3.05, 3.63) is 66.5 Å². The number of halogens is 1. The Hall–Kier alpha value is -3.48. The monoisotopic (exact) mass is 406 g/mol. The summed E-state index contributed by atoms with van der Waals surface area (Å²) in [5.41, 5.74) is 2.16. The lowest BCUT2D eigenvalue weighted by Gasteiger charge is -2.32. The van der Waals surface area contributed by atoms with Crippen molar-refractivity contribution in [1.82, 2.24) is 10.2 Å². The maximum absolute atomic E-state index is 13.1. The molecule has 3 aromatic rings. The Morgan fingerprint density at radius 1 is 1.10 bits per heavy atom. The average molecular weight is 406 g/mol. The fourth-order valence-corrected chi connectivity index (χ4v) is 3.65. The summed E-state index contributed by atoms with van der Waals surface area (Å²) in [5.74, 6) is 0.910. The summed E-state index contributed by atoms with van der Waals surface area (Å²) in [6.07, 6.45) is 1.71. The van der Waals surface area contributed by atoms with E-state index in [1.54, 1.807) is 19.2 Å². The zero-order chi connectivity index (χ0) is 20.9. The van der Waals surface area contributed by atoms with E-state index in [-0.39, 0.29) is 17.6 Å². The molecule has 1 amide bonds. The van der Waals surface area contributed by atoms with Crippen LogP contribution in [0.2, 0.25) is 0 Å². The molecule has 30 heavy (non-hydrogen) atoms. The van der Waals surface area contributed by atoms with Crippen molar-refractivity contribution in [2.24, 2.45) is 5.92 Å². The lowest BCUT2D eigenvalue weighted by molar-refractivity contribution is -0.120. The summed E-state index contributed by atoms with van der Waals surface area (Å²) >= 11 is 0. The molecule has 6 nitrogen and oxygen atoms in total. The first-order chi connectivity index (χ1) is 14.6. The maximum atomic E-state index is 13.1. The number of hydrogen-bond acceptors (Lipinski definition) is 5. The van der Waals surface area contributed by atoms with Gasteiger partial charge >= 0.3 is 0 Å². The minimum Gasteiger partial charge on any atom is -0.495 e. The van der Waals surface area contributed by atoms with E-state index >= 15 is 0 Å². The molecule has 0 radical (unpaired) electrons. The Morgan fingerprint density at radius 2 is 1.90 bits per heavy atom. The number of para-hydroxylation sites is 2. The number of amides is 1. The Morgan fingerprint density at radius 3 is 2.63 bits per heavy atom. The molecule has 1 aliphatic rings. The quantitative estimate of drug-likeness (QED) is 0.690. The first-order valence-electron chi connectivity index (χ1n) is 9.92. The number of hydrogen-bond donors (Lipinski definition) is 1. The van der Waals surface area contributed by atoms with Crippen molar-refractivity contribution >= 4 is 17.4 Å². The number of ether oxygens (including phenoxy) is 1. The van der Waals surface area contributed by atoms with Crippen LogP contribution in [0.4, 0.5) is 15.9 Å². The first kappa shape index (κ1) is 19.8. The van der Waals surface area contributed by atoms with Gasteiger partial charge in [0.1, 0.15) is 11.6 Å². The SMILES string of the molecule is COc1ccccc1NC(=O)C1CCCN(c2ccc(-c3ccc(F)cc3)nn2)C1. The molecule has 154 valence electrons. The van der Waals surface area contributed by atoms with Gasteiger partial charge in [0.2, 0.25) is 5.91 Å². The van der Waals surface area contributed by atoms with Crippen LogP contribution in [-0.4, -0.2) is 36.3 Å². The van der Waals surface area contributed by atoms with Crippen LogP contribution in [0.3, 0.4) is 0 Å². The van der Waals surface area contributed by atoms with Gasteiger partial charge in [0.05, 0.1) is 24.4 Å². The van der Waals surface area contributed by atoms with Gasteiger partial charge in [-0.25, -0.2) is 4.39 Å². The van der Waals surface area contributed by atoms with Crippen LogP contribution in [-0.2, 0) is 4.79 Å². The van der Waals surface area contributed by atoms with Crippen LogP contribution in [0.5, 0.6) is 5.75 Å². The van der Waals surface area contributed by atoms with Gasteiger partial charge in [-0.15, -0.1) is 10.2 Å². The van der Waals surface area contributed by atoms with Crippen molar-refractivity contribution in [2.75, 3.05) is 30.4 Å². The smallest absolute Gasteiger partial charge is 0.229 e. The highest BCUT2D eigenvalue weighted by Crippen LogP contribution is 2.27. The molecule has 1 N–H and O–H groups in total. The Kier molecular flexibility index (Phi) is 5.88. The van der Waals surface area contributed by atoms with Gasteiger partial charge < -0.3 is 15.0 Å². The number of nitrogens with zero attached hydrogens (tertiary/aromatic N) is 3. The number of benzene rings is 2. The van der Waals surface area contributed by atoms with E-state index in [1.807, 2.05) is 36.4 Å². The standard InChI is InChI=1S/C23H23FN4O2/c1-30-21-7-3-2-6-20(21)25-23(29)17-5-4-14-28(15-17)22-13-12-19(26-27-22)16-8-10-18(24)11-9-16/h2-3,6-13,17H,4-5,14-15H2,1H3,(H,25,29). The maximum Gasteiger partial charge on any atom is 0.229 e. The molecule has 0 saturated carbocycles. The van der Waals surface area contributed by atoms with E-state index in [9.17, 15) is 9.18 Å². The summed E-state index contributed by atoms with van der Waals surface area (Å²) in [4.78, 5) is 14.9. The molecule has 0 spiro atoms. The largest absolute Gasteiger partial charge is 0.495 e. The first-order valence-corrected chi connectivity index (χ1v) is 9.92. The van der Waals surface area contributed by atoms with Crippen LogP contribution in [0.25, 0.3) is 11.3 Å². The fraction of sp³-hybridized carbons (Fsp3) is 0.261. The molecule has 0 bridgehead atoms. The molecule has 0 aliphatic carbocycles. The molecule has 2 aromatic carbocycles. The van der Waals surface area contributed by atoms with Crippen LogP contribution >= 0.6 is 0 Å². The third kappa shape index (κ3) is 4.40. The van der Waals surface area contributed by atoms with E-state index < -0.39 is 0 Å². The number of aromatic nitrogens is 2. The molecule has 1 aromatic heterocycles. The molecule has 1 unspecified atom stereocenters. The number of carbonyl (C=O) groups is 1. The normalized spacial score (nSPS) is 16.2. The predicted molar refractivity (Wildman–Crippen MR) is 114 cm³/mol. The van der Waals surface area contributed by atoms with E-state index in [0.29, 0.717) is 23.7 Å². The van der Waals surface area contributed by atoms with Crippen LogP contribution in [0, 0.1) is 11.7 Å². The van der Waals surface area contributed by atoms with Gasteiger partial charge in [-0.1, -0.05) is 12.1 Å². The second-order valence-corrected chi connectivity index (χ2v) is 7.26. The number of methoxy groups -OCH3 is 1. The van der Waals surface area contributed by atoms with E-state index in [2.05, 4.69) is 20.4 Å². The lowest BCUT2D eigenvalue weighted by atomic mass is 9.97. The van der Waals surface area contributed by atoms with Crippen LogP contribution in [0.1, 0.15) is 12.8 Å². The second-order valence-electron chi connectivity index (χ2n) is 7.26. The van der Waals surface area contributed by atoms with Gasteiger partial charge in [-0.3, -0.25) is 4.79 Å². The van der Waals surface area contributed by atoms with Crippen molar-refractivity contribution in [3.8, 4) is 17.0 Å². The summed E-state index contributed by atoms with van der Waals surface area (Å²) in [6, 6.07) is 17.3. The Bertz CT molecular complexity index is 1010. The Balaban J connectivity index is 1.43. The zero-order valence-corrected chi connectivity index (χ0v) is 16.7. The molecular weight excluding hydrogens is 383 g/mol. The van der Waals surface area contributed by atoms with Gasteiger partial charge in [-0.2, -0.15) is 0 Å². The van der Waals surface area contributed by atoms with E-state index in [1.165, 1.54) is 12.1 Å². The van der Waals surface area contributed by atoms with Gasteiger partial charge in [0, 0.05) is 18.7 Å². The summed E-state index contributed by atoms with van der Waals surface area (Å²) in [7, 11) is 1.58. The number of piperidine rings is 1. The Labute approximate surface area is 174 Å². The van der Waals surface area contributed by atoms with E-state index in [4.69, 9.17) is 4.74 Å². The number of anilines is 2. The van der Waals surface area contributed by atoms with Gasteiger partial charge in [-0.05, 0) is 61.4 Å². The fourth-order valence-electron chi connectivity index (χ4n) is 3.65. The zero-order valence-electron chi connectivity index (χ0n) is 16.7. The molecule has 1 atom stereocenters. The van der Waals surface area contributed by atoms with Gasteiger partial charge in [0.15, 0.2) is 5.82 Å². The van der Waals surface area contributed by atoms with Gasteiger partial charge in [0.25, 0.3) is 0 Å². The minimum absolute atomic E-state index is 0.0277. The molecule has 2 heterocycles. The summed E-state index contributed by atoms with van der Waals surface area (Å²) in [5, 5.41) is 11.6. The van der Waals surface area contributed by atoms with Crippen molar-refractivity contribution in [2.45, 2.75) is 12.8 Å². The number of rotatable bonds is 5. The third-order valence-corrected chi connectivity index (χ3v) is 5.27. The lowest BCUT2D eigenvalue weighted by Crippen LogP contribution is -2.41. The predicted octanol–water partition coefficient (Wildman–Crippen LogP) is 4.15. The average Bonchev–Trinajstić information content (AvgIpc) is 2.80. The molecular formula is C23H23FN4O2. The van der Waals surface area contributed by atoms with Crippen LogP contribution < -0.4 is 15.0 Å². The third-order valence-electron chi connectivity index (χ3n) is 5.27. The molecule has 4 rings (SSSR count). The highest BCUT2D eigenvalue weighted by Gasteiger charge is 2.27. The van der Waals surface area contributed by atoms with Crippen molar-refractivity contribution in [1.29, 1.82) is 0 Å². The molecule has 1 saturated heterocycles. The van der Waals surface area contributed by atoms with E-state index in [0.717, 1.165) is 30.8 Å². The van der Waals surface area contributed by atoms with Crippen molar-refractivity contribution < 1.29 is 13.9 Å². The number of nitrogens with one attached hydrogen (secondary N) is 1. The van der Waals surface area contributed by atoms with Crippen molar-refractivity contribution in [3.63, 3.8) is 0 Å².